The van der Waals surface area contributed by atoms with Crippen LogP contribution in [0.1, 0.15) is 149 Å². The lowest BCUT2D eigenvalue weighted by Gasteiger charge is -2.33. The number of amides is 11. The number of nitrogens with zero attached hydrogens (tertiary/aromatic N) is 2. The van der Waals surface area contributed by atoms with Gasteiger partial charge in [-0.05, 0) is 111 Å². The molecule has 0 radical (unpaired) electrons. The lowest BCUT2D eigenvalue weighted by atomic mass is 9.95. The SMILES string of the molecule is CC[C@H](C)[C@H](NC(=O)[C@@H]1CCCN1C(=O)[C@@H](NC(=O)[C@H](CCC(=O)O)NC(=O)[C@H](CCC(=O)O)NC(=O)[C@H](Cc1ccc(OP(=O)(O)O)cc1)NC(=O)[C@H](CCC(N)=O)NC(=O)[C@@H]1CCCN1C(=O)[C@@H](N)CCC(=O)O)[C@@H](C)CC)C(=O)N[C@@H](Cc1ccc(O)cc1)C(=O)N[C@@H](CC(C)C)C(=O)O. The summed E-state index contributed by atoms with van der Waals surface area (Å²) < 4.78 is 16.2. The number of phenolic OH excluding ortho intramolecular Hbond substituents is 1. The van der Waals surface area contributed by atoms with Crippen LogP contribution in [0.15, 0.2) is 48.5 Å². The molecule has 103 heavy (non-hydrogen) atoms. The zero-order valence-electron chi connectivity index (χ0n) is 58.2. The molecular formula is C66H97N12O24P. The molecule has 0 bridgehead atoms. The number of primary amides is 1. The van der Waals surface area contributed by atoms with Gasteiger partial charge in [-0.1, -0.05) is 78.6 Å². The minimum atomic E-state index is -5.09. The normalized spacial score (nSPS) is 17.5. The van der Waals surface area contributed by atoms with E-state index in [1.54, 1.807) is 41.5 Å². The van der Waals surface area contributed by atoms with Gasteiger partial charge in [0.05, 0.1) is 6.04 Å². The third-order valence-electron chi connectivity index (χ3n) is 17.7. The first-order valence-electron chi connectivity index (χ1n) is 33.9. The van der Waals surface area contributed by atoms with Gasteiger partial charge >= 0.3 is 31.7 Å². The van der Waals surface area contributed by atoms with Crippen LogP contribution in [0, 0.1) is 17.8 Å². The quantitative estimate of drug-likeness (QED) is 0.0351. The first-order chi connectivity index (χ1) is 48.3. The highest BCUT2D eigenvalue weighted by molar-refractivity contribution is 7.46. The molecule has 2 saturated heterocycles. The molecule has 2 fully saturated rings. The van der Waals surface area contributed by atoms with Crippen LogP contribution in [0.4, 0.5) is 0 Å². The number of hydrogen-bond donors (Lipinski definition) is 17. The summed E-state index contributed by atoms with van der Waals surface area (Å²) in [4.78, 5) is 224. The first-order valence-corrected chi connectivity index (χ1v) is 35.4. The Morgan fingerprint density at radius 1 is 0.505 bits per heavy atom. The molecule has 4 rings (SSSR count). The van der Waals surface area contributed by atoms with Gasteiger partial charge in [-0.25, -0.2) is 9.36 Å². The fourth-order valence-corrected chi connectivity index (χ4v) is 12.0. The van der Waals surface area contributed by atoms with Gasteiger partial charge in [0.1, 0.15) is 71.9 Å². The minimum absolute atomic E-state index is 0.0163. The summed E-state index contributed by atoms with van der Waals surface area (Å²) in [6.07, 6.45) is -4.40. The van der Waals surface area contributed by atoms with E-state index in [4.69, 9.17) is 16.6 Å². The first kappa shape index (κ1) is 85.6. The molecular weight excluding hydrogens is 1380 g/mol. The van der Waals surface area contributed by atoms with Crippen LogP contribution in [0.25, 0.3) is 0 Å². The number of rotatable bonds is 43. The fourth-order valence-electron chi connectivity index (χ4n) is 11.6. The van der Waals surface area contributed by atoms with Gasteiger partial charge in [-0.15, -0.1) is 0 Å². The van der Waals surface area contributed by atoms with E-state index in [2.05, 4.69) is 47.1 Å². The number of phosphoric acid groups is 1. The number of aromatic hydroxyl groups is 1. The van der Waals surface area contributed by atoms with E-state index >= 15 is 0 Å². The van der Waals surface area contributed by atoms with Crippen molar-refractivity contribution in [1.82, 2.24) is 52.3 Å². The molecule has 36 nitrogen and oxygen atoms in total. The molecule has 570 valence electrons. The van der Waals surface area contributed by atoms with E-state index in [9.17, 15) is 107 Å². The number of benzene rings is 2. The van der Waals surface area contributed by atoms with Crippen molar-refractivity contribution in [1.29, 1.82) is 0 Å². The van der Waals surface area contributed by atoms with Gasteiger partial charge in [-0.3, -0.25) is 76.9 Å². The number of phenols is 1. The van der Waals surface area contributed by atoms with Crippen LogP contribution >= 0.6 is 7.82 Å². The summed E-state index contributed by atoms with van der Waals surface area (Å²) in [7, 11) is -5.09. The second kappa shape index (κ2) is 40.7. The lowest BCUT2D eigenvalue weighted by Crippen LogP contribution is -2.62. The van der Waals surface area contributed by atoms with E-state index in [-0.39, 0.29) is 87.4 Å². The molecule has 0 aliphatic carbocycles. The van der Waals surface area contributed by atoms with E-state index in [0.717, 1.165) is 17.0 Å². The number of carboxylic acids is 4. The maximum atomic E-state index is 14.9. The van der Waals surface area contributed by atoms with Crippen molar-refractivity contribution < 1.29 is 116 Å². The molecule has 0 spiro atoms. The smallest absolute Gasteiger partial charge is 0.508 e. The van der Waals surface area contributed by atoms with Crippen molar-refractivity contribution in [3.63, 3.8) is 0 Å². The number of nitrogens with two attached hydrogens (primary N) is 2. The highest BCUT2D eigenvalue weighted by Crippen LogP contribution is 2.37. The third-order valence-corrected chi connectivity index (χ3v) is 18.1. The summed E-state index contributed by atoms with van der Waals surface area (Å²) in [6, 6.07) is -6.46. The van der Waals surface area contributed by atoms with Crippen molar-refractivity contribution in [2.45, 2.75) is 217 Å². The maximum Gasteiger partial charge on any atom is 0.524 e. The number of likely N-dealkylation sites (tertiary alicyclic amines) is 2. The van der Waals surface area contributed by atoms with Crippen LogP contribution in [0.3, 0.4) is 0 Å². The summed E-state index contributed by atoms with van der Waals surface area (Å²) >= 11 is 0. The zero-order valence-corrected chi connectivity index (χ0v) is 59.1. The molecule has 2 aromatic rings. The van der Waals surface area contributed by atoms with E-state index in [1.807, 2.05) is 0 Å². The zero-order chi connectivity index (χ0) is 77.2. The third kappa shape index (κ3) is 28.2. The largest absolute Gasteiger partial charge is 0.524 e. The Morgan fingerprint density at radius 3 is 1.34 bits per heavy atom. The second-order valence-corrected chi connectivity index (χ2v) is 27.3. The Kier molecular flexibility index (Phi) is 33.9. The Bertz CT molecular complexity index is 3410. The number of carboxylic acid groups (broad SMARTS) is 4. The molecule has 37 heteroatoms. The summed E-state index contributed by atoms with van der Waals surface area (Å²) in [5.74, 6) is -18.2. The van der Waals surface area contributed by atoms with Gasteiger partial charge in [0, 0.05) is 51.6 Å². The molecule has 0 aromatic heterocycles. The summed E-state index contributed by atoms with van der Waals surface area (Å²) in [5, 5.41) is 68.8. The molecule has 2 aromatic carbocycles. The predicted molar refractivity (Wildman–Crippen MR) is 363 cm³/mol. The Balaban J connectivity index is 1.65. The highest BCUT2D eigenvalue weighted by atomic mass is 31.2. The van der Waals surface area contributed by atoms with Gasteiger partial charge < -0.3 is 93.9 Å². The molecule has 2 aliphatic heterocycles. The van der Waals surface area contributed by atoms with Crippen molar-refractivity contribution in [2.75, 3.05) is 13.1 Å². The van der Waals surface area contributed by atoms with Gasteiger partial charge in [0.15, 0.2) is 0 Å². The number of aliphatic carboxylic acids is 4. The molecule has 2 aliphatic rings. The number of carbonyl (C=O) groups is 15. The molecule has 2 heterocycles. The number of phosphoric ester groups is 1. The molecule has 11 amide bonds. The van der Waals surface area contributed by atoms with E-state index < -0.39 is 226 Å². The van der Waals surface area contributed by atoms with Crippen molar-refractivity contribution in [3.05, 3.63) is 59.7 Å². The summed E-state index contributed by atoms with van der Waals surface area (Å²) in [5.41, 5.74) is 12.0. The Hall–Kier alpha value is -9.80. The monoisotopic (exact) mass is 1470 g/mol. The van der Waals surface area contributed by atoms with Crippen molar-refractivity contribution >= 4 is 96.7 Å². The topological polar surface area (TPSA) is 579 Å². The van der Waals surface area contributed by atoms with Crippen LogP contribution in [0.2, 0.25) is 0 Å². The van der Waals surface area contributed by atoms with Crippen LogP contribution in [0.5, 0.6) is 11.5 Å². The van der Waals surface area contributed by atoms with Crippen LogP contribution in [-0.4, -0.2) is 214 Å². The van der Waals surface area contributed by atoms with Crippen LogP contribution in [-0.2, 0) is 89.3 Å². The highest BCUT2D eigenvalue weighted by Gasteiger charge is 2.44. The van der Waals surface area contributed by atoms with Gasteiger partial charge in [0.25, 0.3) is 0 Å². The molecule has 19 N–H and O–H groups in total. The Labute approximate surface area is 593 Å². The van der Waals surface area contributed by atoms with Crippen molar-refractivity contribution in [2.24, 2.45) is 29.2 Å². The average molecular weight is 1470 g/mol. The standard InChI is InChI=1S/C66H97N12O24P/c1-7-35(5)54(63(94)73-46(32-37-13-17-39(79)18-14-37)60(91)74-47(66(97)98)31-34(3)4)75-62(93)49-12-10-30-78(49)65(96)55(36(6)8-2)76-58(89)44(24-28-53(85)86)69-56(87)43(23-27-52(83)84)70-59(90)45(33-38-15-19-40(20-16-38)102-103(99,100)101)72-57(88)42(22-25-50(68)80)71-61(92)48-11-9-29-77(48)64(95)41(67)21-26-51(81)82/h13-20,34-36,41-49,54-55,79H,7-12,21-33,67H2,1-6H3,(H2,68,80)(H,69,87)(H,70,90)(H,71,92)(H,72,88)(H,73,94)(H,74,91)(H,75,93)(H,76,89)(H,81,82)(H,83,84)(H,85,86)(H,97,98)(H2,99,100,101)/t35-,36-,41-,42-,43-,44-,45-,46-,47-,48-,49-,54-,55-/m0/s1. The van der Waals surface area contributed by atoms with E-state index in [0.29, 0.717) is 12.0 Å². The average Bonchev–Trinajstić information content (AvgIpc) is 1.76. The number of nitrogens with one attached hydrogen (secondary N) is 8. The van der Waals surface area contributed by atoms with E-state index in [1.165, 1.54) is 41.3 Å². The minimum Gasteiger partial charge on any atom is -0.508 e. The Morgan fingerprint density at radius 2 is 0.893 bits per heavy atom. The van der Waals surface area contributed by atoms with Gasteiger partial charge in [0.2, 0.25) is 65.0 Å². The maximum absolute atomic E-state index is 14.9. The molecule has 0 saturated carbocycles. The summed E-state index contributed by atoms with van der Waals surface area (Å²) in [6.45, 7) is 10.1. The number of carbonyl (C=O) groups excluding carboxylic acids is 11. The number of hydrogen-bond acceptors (Lipinski definition) is 19. The second-order valence-electron chi connectivity index (χ2n) is 26.2. The van der Waals surface area contributed by atoms with Crippen LogP contribution < -0.4 is 58.5 Å². The molecule has 0 unspecified atom stereocenters. The lowest BCUT2D eigenvalue weighted by molar-refractivity contribution is -0.144. The fraction of sp³-hybridized carbons (Fsp3) is 0.591. The molecule has 13 atom stereocenters. The van der Waals surface area contributed by atoms with Crippen molar-refractivity contribution in [3.8, 4) is 11.5 Å². The predicted octanol–water partition coefficient (Wildman–Crippen LogP) is -1.08. The van der Waals surface area contributed by atoms with Gasteiger partial charge in [-0.2, -0.15) is 0 Å².